The fourth-order valence-corrected chi connectivity index (χ4v) is 5.56. The Kier molecular flexibility index (Phi) is 13.7. The molecule has 0 amide bonds. The van der Waals surface area contributed by atoms with Gasteiger partial charge in [0.15, 0.2) is 0 Å². The van der Waals surface area contributed by atoms with Crippen LogP contribution in [0.1, 0.15) is 82.1 Å². The minimum absolute atomic E-state index is 0.0330. The van der Waals surface area contributed by atoms with Crippen LogP contribution in [0.15, 0.2) is 47.4 Å². The highest BCUT2D eigenvalue weighted by molar-refractivity contribution is 7.89. The monoisotopic (exact) mass is 550 g/mol. The molecular weight excluding hydrogens is 504 g/mol. The van der Waals surface area contributed by atoms with E-state index in [2.05, 4.69) is 10.0 Å². The van der Waals surface area contributed by atoms with Crippen LogP contribution < -0.4 is 10.0 Å². The van der Waals surface area contributed by atoms with Gasteiger partial charge in [-0.3, -0.25) is 0 Å². The van der Waals surface area contributed by atoms with E-state index in [-0.39, 0.29) is 12.4 Å². The molecule has 0 bridgehead atoms. The maximum absolute atomic E-state index is 12.5. The van der Waals surface area contributed by atoms with Crippen LogP contribution in [0.3, 0.4) is 0 Å². The zero-order valence-corrected chi connectivity index (χ0v) is 23.9. The second-order valence-electron chi connectivity index (χ2n) is 10.8. The Hall–Kier alpha value is -2.01. The van der Waals surface area contributed by atoms with Crippen molar-refractivity contribution in [2.45, 2.75) is 88.9 Å². The van der Waals surface area contributed by atoms with Crippen LogP contribution in [0.2, 0.25) is 0 Å². The summed E-state index contributed by atoms with van der Waals surface area (Å²) in [5.74, 6) is 0.0330. The van der Waals surface area contributed by atoms with E-state index in [0.29, 0.717) is 29.2 Å². The lowest BCUT2D eigenvalue weighted by Crippen LogP contribution is -2.40. The number of phenols is 1. The Morgan fingerprint density at radius 3 is 2.37 bits per heavy atom. The molecule has 38 heavy (non-hydrogen) atoms. The SMILES string of the molecule is CC(C)(C)NS(=O)(=O)c1cccc(CCCCOCCCCCCNC[C@H](O)c2ccc(O)c(CO)c2)c1. The van der Waals surface area contributed by atoms with Crippen LogP contribution in [0.25, 0.3) is 0 Å². The second kappa shape index (κ2) is 16.2. The van der Waals surface area contributed by atoms with E-state index in [1.807, 2.05) is 26.8 Å². The first-order valence-electron chi connectivity index (χ1n) is 13.5. The molecule has 0 radical (unpaired) electrons. The first-order chi connectivity index (χ1) is 18.0. The molecule has 0 saturated heterocycles. The summed E-state index contributed by atoms with van der Waals surface area (Å²) in [5.41, 5.74) is 1.58. The van der Waals surface area contributed by atoms with E-state index < -0.39 is 21.7 Å². The van der Waals surface area contributed by atoms with E-state index in [1.54, 1.807) is 30.3 Å². The summed E-state index contributed by atoms with van der Waals surface area (Å²) in [5, 5.41) is 32.4. The fraction of sp³-hybridized carbons (Fsp3) is 0.586. The maximum Gasteiger partial charge on any atom is 0.241 e. The maximum atomic E-state index is 12.5. The highest BCUT2D eigenvalue weighted by atomic mass is 32.2. The molecule has 2 aromatic carbocycles. The third-order valence-electron chi connectivity index (χ3n) is 6.04. The van der Waals surface area contributed by atoms with Crippen molar-refractivity contribution in [3.8, 4) is 5.75 Å². The Balaban J connectivity index is 1.48. The van der Waals surface area contributed by atoms with Gasteiger partial charge in [-0.1, -0.05) is 31.0 Å². The number of aryl methyl sites for hydroxylation is 1. The molecule has 0 aliphatic rings. The van der Waals surface area contributed by atoms with Crippen LogP contribution in [0, 0.1) is 0 Å². The number of ether oxygens (including phenoxy) is 1. The van der Waals surface area contributed by atoms with Crippen LogP contribution in [-0.4, -0.2) is 55.6 Å². The molecule has 2 rings (SSSR count). The van der Waals surface area contributed by atoms with Gasteiger partial charge in [-0.15, -0.1) is 0 Å². The lowest BCUT2D eigenvalue weighted by molar-refractivity contribution is 0.126. The minimum Gasteiger partial charge on any atom is -0.508 e. The summed E-state index contributed by atoms with van der Waals surface area (Å²) in [6.07, 6.45) is 6.22. The molecule has 0 unspecified atom stereocenters. The molecule has 0 heterocycles. The Morgan fingerprint density at radius 1 is 0.947 bits per heavy atom. The Labute approximate surface area is 228 Å². The number of rotatable bonds is 18. The van der Waals surface area contributed by atoms with E-state index in [0.717, 1.165) is 63.7 Å². The molecule has 2 aromatic rings. The number of aliphatic hydroxyl groups is 2. The topological polar surface area (TPSA) is 128 Å². The zero-order chi connectivity index (χ0) is 28.0. The molecular formula is C29H46N2O6S. The summed E-state index contributed by atoms with van der Waals surface area (Å²) in [4.78, 5) is 0.307. The molecule has 8 nitrogen and oxygen atoms in total. The third kappa shape index (κ3) is 12.2. The van der Waals surface area contributed by atoms with Crippen LogP contribution in [0.4, 0.5) is 0 Å². The first kappa shape index (κ1) is 32.2. The molecule has 0 aliphatic heterocycles. The van der Waals surface area contributed by atoms with Crippen LogP contribution in [0.5, 0.6) is 5.75 Å². The molecule has 0 aliphatic carbocycles. The van der Waals surface area contributed by atoms with Gasteiger partial charge in [0.1, 0.15) is 5.75 Å². The summed E-state index contributed by atoms with van der Waals surface area (Å²) in [6, 6.07) is 11.9. The lowest BCUT2D eigenvalue weighted by Gasteiger charge is -2.20. The lowest BCUT2D eigenvalue weighted by atomic mass is 10.1. The van der Waals surface area contributed by atoms with E-state index in [9.17, 15) is 23.7 Å². The van der Waals surface area contributed by atoms with Gasteiger partial charge in [-0.25, -0.2) is 13.1 Å². The van der Waals surface area contributed by atoms with Gasteiger partial charge in [-0.2, -0.15) is 0 Å². The van der Waals surface area contributed by atoms with Crippen molar-refractivity contribution < 1.29 is 28.5 Å². The second-order valence-corrected chi connectivity index (χ2v) is 12.4. The number of nitrogens with one attached hydrogen (secondary N) is 2. The van der Waals surface area contributed by atoms with Gasteiger partial charge >= 0.3 is 0 Å². The molecule has 9 heteroatoms. The molecule has 0 fully saturated rings. The molecule has 0 spiro atoms. The largest absolute Gasteiger partial charge is 0.508 e. The molecule has 0 aromatic heterocycles. The summed E-state index contributed by atoms with van der Waals surface area (Å²) in [6.45, 7) is 7.92. The predicted molar refractivity (Wildman–Crippen MR) is 151 cm³/mol. The molecule has 5 N–H and O–H groups in total. The van der Waals surface area contributed by atoms with Gasteiger partial charge in [0.2, 0.25) is 10.0 Å². The van der Waals surface area contributed by atoms with E-state index in [4.69, 9.17) is 4.74 Å². The predicted octanol–water partition coefficient (Wildman–Crippen LogP) is 4.18. The van der Waals surface area contributed by atoms with Crippen molar-refractivity contribution in [3.63, 3.8) is 0 Å². The van der Waals surface area contributed by atoms with Gasteiger partial charge in [0.25, 0.3) is 0 Å². The van der Waals surface area contributed by atoms with Crippen molar-refractivity contribution in [3.05, 3.63) is 59.2 Å². The number of sulfonamides is 1. The number of hydrogen-bond acceptors (Lipinski definition) is 7. The number of aliphatic hydroxyl groups excluding tert-OH is 2. The number of benzene rings is 2. The number of aromatic hydroxyl groups is 1. The highest BCUT2D eigenvalue weighted by Crippen LogP contribution is 2.22. The number of unbranched alkanes of at least 4 members (excludes halogenated alkanes) is 4. The van der Waals surface area contributed by atoms with Gasteiger partial charge in [-0.05, 0) is 94.8 Å². The highest BCUT2D eigenvalue weighted by Gasteiger charge is 2.22. The van der Waals surface area contributed by atoms with E-state index >= 15 is 0 Å². The zero-order valence-electron chi connectivity index (χ0n) is 23.1. The number of hydrogen-bond donors (Lipinski definition) is 5. The average Bonchev–Trinajstić information content (AvgIpc) is 2.85. The van der Waals surface area contributed by atoms with Crippen LogP contribution in [-0.2, 0) is 27.8 Å². The van der Waals surface area contributed by atoms with Crippen molar-refractivity contribution in [2.75, 3.05) is 26.3 Å². The van der Waals surface area contributed by atoms with Gasteiger partial charge in [0, 0.05) is 30.9 Å². The normalized spacial score (nSPS) is 13.1. The van der Waals surface area contributed by atoms with Gasteiger partial charge < -0.3 is 25.4 Å². The quantitative estimate of drug-likeness (QED) is 0.176. The summed E-state index contributed by atoms with van der Waals surface area (Å²) >= 11 is 0. The van der Waals surface area contributed by atoms with Crippen molar-refractivity contribution in [1.82, 2.24) is 10.0 Å². The fourth-order valence-electron chi connectivity index (χ4n) is 4.07. The van der Waals surface area contributed by atoms with Crippen molar-refractivity contribution >= 4 is 10.0 Å². The molecule has 214 valence electrons. The standard InChI is InChI=1S/C29H46N2O6S/c1-29(2,3)31-38(35,36)26-13-10-12-23(19-26)11-6-9-18-37-17-8-5-4-7-16-30-21-28(34)24-14-15-27(33)25(20-24)22-32/h10,12-15,19-20,28,30-34H,4-9,11,16-18,21-22H2,1-3H3/t28-/m0/s1. The summed E-state index contributed by atoms with van der Waals surface area (Å²) < 4.78 is 33.5. The minimum atomic E-state index is -3.52. The van der Waals surface area contributed by atoms with Gasteiger partial charge in [0.05, 0.1) is 17.6 Å². The summed E-state index contributed by atoms with van der Waals surface area (Å²) in [7, 11) is -3.52. The van der Waals surface area contributed by atoms with E-state index in [1.165, 1.54) is 6.07 Å². The van der Waals surface area contributed by atoms with Crippen molar-refractivity contribution in [1.29, 1.82) is 0 Å². The molecule has 1 atom stereocenters. The van der Waals surface area contributed by atoms with Crippen molar-refractivity contribution in [2.24, 2.45) is 0 Å². The molecule has 0 saturated carbocycles. The Bertz CT molecular complexity index is 1070. The smallest absolute Gasteiger partial charge is 0.241 e. The Morgan fingerprint density at radius 2 is 1.66 bits per heavy atom. The van der Waals surface area contributed by atoms with Crippen LogP contribution >= 0.6 is 0 Å². The average molecular weight is 551 g/mol. The first-order valence-corrected chi connectivity index (χ1v) is 15.0. The third-order valence-corrected chi connectivity index (χ3v) is 7.80.